The molecule has 0 atom stereocenters. The predicted molar refractivity (Wildman–Crippen MR) is 62.0 cm³/mol. The second-order valence-electron chi connectivity index (χ2n) is 6.38. The lowest BCUT2D eigenvalue weighted by Crippen LogP contribution is -2.46. The summed E-state index contributed by atoms with van der Waals surface area (Å²) in [5.74, 6) is 2.82. The Labute approximate surface area is 96.7 Å². The van der Waals surface area contributed by atoms with Gasteiger partial charge in [-0.2, -0.15) is 0 Å². The summed E-state index contributed by atoms with van der Waals surface area (Å²) >= 11 is 0. The highest BCUT2D eigenvalue weighted by atomic mass is 16.2. The quantitative estimate of drug-likeness (QED) is 0.585. The Hall–Kier alpha value is -0.790. The SMILES string of the molecule is O=C(C=CO)CC12CC3CC(CC(C3)C1)C2. The summed E-state index contributed by atoms with van der Waals surface area (Å²) in [5, 5.41) is 8.65. The number of hydrogen-bond acceptors (Lipinski definition) is 2. The summed E-state index contributed by atoms with van der Waals surface area (Å²) in [6.07, 6.45) is 11.0. The third kappa shape index (κ3) is 1.68. The molecule has 0 spiro atoms. The summed E-state index contributed by atoms with van der Waals surface area (Å²) in [6, 6.07) is 0. The third-order valence-electron chi connectivity index (χ3n) is 4.97. The van der Waals surface area contributed by atoms with Crippen LogP contribution in [0.15, 0.2) is 12.3 Å². The molecule has 0 saturated heterocycles. The molecular formula is C14H20O2. The highest BCUT2D eigenvalue weighted by molar-refractivity contribution is 5.89. The van der Waals surface area contributed by atoms with Crippen LogP contribution in [0.4, 0.5) is 0 Å². The fourth-order valence-electron chi connectivity index (χ4n) is 5.02. The molecule has 0 unspecified atom stereocenters. The predicted octanol–water partition coefficient (Wildman–Crippen LogP) is 3.23. The van der Waals surface area contributed by atoms with E-state index in [4.69, 9.17) is 5.11 Å². The molecule has 0 heterocycles. The average molecular weight is 220 g/mol. The first kappa shape index (κ1) is 10.4. The molecule has 4 fully saturated rings. The minimum Gasteiger partial charge on any atom is -0.515 e. The molecule has 4 rings (SSSR count). The van der Waals surface area contributed by atoms with Crippen LogP contribution in [0, 0.1) is 23.2 Å². The van der Waals surface area contributed by atoms with Crippen LogP contribution in [0.1, 0.15) is 44.9 Å². The molecule has 4 aliphatic carbocycles. The maximum absolute atomic E-state index is 11.7. The van der Waals surface area contributed by atoms with Crippen LogP contribution in [0.5, 0.6) is 0 Å². The molecule has 4 saturated carbocycles. The van der Waals surface area contributed by atoms with Crippen molar-refractivity contribution in [1.82, 2.24) is 0 Å². The van der Waals surface area contributed by atoms with Gasteiger partial charge in [-0.05, 0) is 61.7 Å². The largest absolute Gasteiger partial charge is 0.515 e. The topological polar surface area (TPSA) is 37.3 Å². The van der Waals surface area contributed by atoms with Crippen LogP contribution in [-0.4, -0.2) is 10.9 Å². The molecule has 88 valence electrons. The van der Waals surface area contributed by atoms with Crippen molar-refractivity contribution < 1.29 is 9.90 Å². The molecule has 2 nitrogen and oxygen atoms in total. The van der Waals surface area contributed by atoms with Gasteiger partial charge >= 0.3 is 0 Å². The monoisotopic (exact) mass is 220 g/mol. The van der Waals surface area contributed by atoms with Crippen LogP contribution >= 0.6 is 0 Å². The summed E-state index contributed by atoms with van der Waals surface area (Å²) < 4.78 is 0. The zero-order chi connectivity index (χ0) is 11.2. The van der Waals surface area contributed by atoms with Crippen LogP contribution in [0.3, 0.4) is 0 Å². The van der Waals surface area contributed by atoms with E-state index in [1.807, 2.05) is 0 Å². The van der Waals surface area contributed by atoms with E-state index in [1.165, 1.54) is 44.6 Å². The molecule has 0 aliphatic heterocycles. The normalized spacial score (nSPS) is 45.4. The van der Waals surface area contributed by atoms with Crippen molar-refractivity contribution >= 4 is 5.78 Å². The van der Waals surface area contributed by atoms with Crippen molar-refractivity contribution in [2.24, 2.45) is 23.2 Å². The van der Waals surface area contributed by atoms with Crippen molar-refractivity contribution in [3.05, 3.63) is 12.3 Å². The summed E-state index contributed by atoms with van der Waals surface area (Å²) in [4.78, 5) is 11.7. The van der Waals surface area contributed by atoms with Crippen molar-refractivity contribution in [1.29, 1.82) is 0 Å². The molecule has 16 heavy (non-hydrogen) atoms. The number of carbonyl (C=O) groups excluding carboxylic acids is 1. The van der Waals surface area contributed by atoms with E-state index in [1.54, 1.807) is 0 Å². The molecule has 4 bridgehead atoms. The summed E-state index contributed by atoms with van der Waals surface area (Å²) in [5.41, 5.74) is 0.311. The van der Waals surface area contributed by atoms with E-state index >= 15 is 0 Å². The molecule has 2 heteroatoms. The molecule has 0 radical (unpaired) electrons. The second kappa shape index (κ2) is 3.61. The Morgan fingerprint density at radius 1 is 1.12 bits per heavy atom. The first-order valence-corrected chi connectivity index (χ1v) is 6.53. The Kier molecular flexibility index (Phi) is 2.34. The number of carbonyl (C=O) groups is 1. The lowest BCUT2D eigenvalue weighted by molar-refractivity contribution is -0.122. The Balaban J connectivity index is 1.76. The number of hydrogen-bond donors (Lipinski definition) is 1. The van der Waals surface area contributed by atoms with E-state index < -0.39 is 0 Å². The van der Waals surface area contributed by atoms with Crippen molar-refractivity contribution in [3.8, 4) is 0 Å². The van der Waals surface area contributed by atoms with E-state index in [9.17, 15) is 4.79 Å². The van der Waals surface area contributed by atoms with Gasteiger partial charge in [-0.1, -0.05) is 0 Å². The van der Waals surface area contributed by atoms with Gasteiger partial charge in [-0.25, -0.2) is 0 Å². The van der Waals surface area contributed by atoms with Crippen molar-refractivity contribution in [3.63, 3.8) is 0 Å². The molecule has 0 aromatic rings. The van der Waals surface area contributed by atoms with E-state index in [0.29, 0.717) is 11.8 Å². The highest BCUT2D eigenvalue weighted by Gasteiger charge is 2.51. The first-order valence-electron chi connectivity index (χ1n) is 6.53. The fraction of sp³-hybridized carbons (Fsp3) is 0.786. The molecule has 0 aromatic carbocycles. The summed E-state index contributed by atoms with van der Waals surface area (Å²) in [7, 11) is 0. The minimum atomic E-state index is 0.115. The van der Waals surface area contributed by atoms with Crippen molar-refractivity contribution in [2.75, 3.05) is 0 Å². The Bertz CT molecular complexity index is 294. The first-order chi connectivity index (χ1) is 7.69. The lowest BCUT2D eigenvalue weighted by Gasteiger charge is -2.56. The zero-order valence-corrected chi connectivity index (χ0v) is 9.69. The van der Waals surface area contributed by atoms with Gasteiger partial charge in [0.2, 0.25) is 0 Å². The lowest BCUT2D eigenvalue weighted by atomic mass is 9.48. The maximum Gasteiger partial charge on any atom is 0.159 e. The van der Waals surface area contributed by atoms with Gasteiger partial charge in [0.15, 0.2) is 5.78 Å². The van der Waals surface area contributed by atoms with Crippen LogP contribution in [0.2, 0.25) is 0 Å². The molecular weight excluding hydrogens is 200 g/mol. The van der Waals surface area contributed by atoms with Gasteiger partial charge in [0, 0.05) is 12.5 Å². The average Bonchev–Trinajstić information content (AvgIpc) is 2.13. The van der Waals surface area contributed by atoms with Gasteiger partial charge < -0.3 is 5.11 Å². The number of aliphatic hydroxyl groups excluding tert-OH is 1. The molecule has 1 N–H and O–H groups in total. The third-order valence-corrected chi connectivity index (χ3v) is 4.97. The number of ketones is 1. The maximum atomic E-state index is 11.7. The molecule has 4 aliphatic rings. The van der Waals surface area contributed by atoms with E-state index in [0.717, 1.165) is 24.0 Å². The van der Waals surface area contributed by atoms with Crippen molar-refractivity contribution in [2.45, 2.75) is 44.9 Å². The Morgan fingerprint density at radius 3 is 2.06 bits per heavy atom. The van der Waals surface area contributed by atoms with Crippen LogP contribution in [0.25, 0.3) is 0 Å². The molecule has 0 amide bonds. The fourth-order valence-corrected chi connectivity index (χ4v) is 5.02. The van der Waals surface area contributed by atoms with Gasteiger partial charge in [0.1, 0.15) is 0 Å². The second-order valence-corrected chi connectivity index (χ2v) is 6.38. The zero-order valence-electron chi connectivity index (χ0n) is 9.69. The van der Waals surface area contributed by atoms with Crippen LogP contribution in [-0.2, 0) is 4.79 Å². The Morgan fingerprint density at radius 2 is 1.62 bits per heavy atom. The molecule has 0 aromatic heterocycles. The van der Waals surface area contributed by atoms with Gasteiger partial charge in [0.05, 0.1) is 6.26 Å². The summed E-state index contributed by atoms with van der Waals surface area (Å²) in [6.45, 7) is 0. The van der Waals surface area contributed by atoms with E-state index in [2.05, 4.69) is 0 Å². The minimum absolute atomic E-state index is 0.115. The van der Waals surface area contributed by atoms with Gasteiger partial charge in [0.25, 0.3) is 0 Å². The standard InChI is InChI=1S/C14H20O2/c15-2-1-13(16)9-14-6-10-3-11(7-14)5-12(4-10)8-14/h1-2,10-12,15H,3-9H2. The highest BCUT2D eigenvalue weighted by Crippen LogP contribution is 2.61. The number of allylic oxidation sites excluding steroid dienone is 1. The number of aliphatic hydroxyl groups is 1. The van der Waals surface area contributed by atoms with Crippen LogP contribution < -0.4 is 0 Å². The smallest absolute Gasteiger partial charge is 0.159 e. The van der Waals surface area contributed by atoms with Gasteiger partial charge in [-0.3, -0.25) is 4.79 Å². The van der Waals surface area contributed by atoms with E-state index in [-0.39, 0.29) is 5.78 Å². The number of rotatable bonds is 3. The van der Waals surface area contributed by atoms with Gasteiger partial charge in [-0.15, -0.1) is 0 Å².